The molecular weight excluding hydrogens is 598 g/mol. The summed E-state index contributed by atoms with van der Waals surface area (Å²) in [6.45, 7) is 13.0. The van der Waals surface area contributed by atoms with E-state index in [1.54, 1.807) is 35.0 Å². The third-order valence-electron chi connectivity index (χ3n) is 10.5. The number of Topliss-reactive ketones (excluding diaryl/α,β-unsaturated/α-hetero) is 1. The molecule has 14 atom stereocenters. The Bertz CT molecular complexity index is 994. The summed E-state index contributed by atoms with van der Waals surface area (Å²) in [5.74, 6) is -3.77. The second-order valence-corrected chi connectivity index (χ2v) is 14.4. The Hall–Kier alpha value is -1.22. The number of esters is 1. The van der Waals surface area contributed by atoms with Crippen LogP contribution in [0.15, 0.2) is 0 Å². The Labute approximate surface area is 275 Å². The van der Waals surface area contributed by atoms with Gasteiger partial charge in [0, 0.05) is 51.2 Å². The standard InChI is InChI=1S/C34H61NO11/c1-12-25-34(7,39)29(37)21(4)26(36)19(2)17-33(6)30(46-32-28(41-11)24(35(8)9)16-20(3)44-32)23(18-40-10)27(22(5)31(38)45-25)42-14-13-15-43-33/h19-25,27-30,32,37,39H,12-18H2,1-11H3/t19-,20-,21+,22-,23+,24+,25-,27-,28-,29-,30-,32+,33-,34-/m1/s1. The van der Waals surface area contributed by atoms with Crippen LogP contribution in [0.3, 0.4) is 0 Å². The van der Waals surface area contributed by atoms with Crippen LogP contribution in [0.2, 0.25) is 0 Å². The molecule has 0 aromatic carbocycles. The molecule has 0 unspecified atom stereocenters. The summed E-state index contributed by atoms with van der Waals surface area (Å²) in [6.07, 6.45) is -3.71. The molecule has 0 amide bonds. The zero-order valence-corrected chi connectivity index (χ0v) is 29.9. The minimum absolute atomic E-state index is 0.00329. The molecule has 2 bridgehead atoms. The summed E-state index contributed by atoms with van der Waals surface area (Å²) in [5.41, 5.74) is -2.97. The molecule has 3 heterocycles. The van der Waals surface area contributed by atoms with Crippen molar-refractivity contribution in [1.82, 2.24) is 4.90 Å². The van der Waals surface area contributed by atoms with Gasteiger partial charge in [-0.25, -0.2) is 0 Å². The number of aliphatic hydroxyl groups excluding tert-OH is 1. The average Bonchev–Trinajstić information content (AvgIpc) is 3.06. The number of nitrogens with zero attached hydrogens (tertiary/aromatic N) is 1. The number of methoxy groups -OCH3 is 2. The summed E-state index contributed by atoms with van der Waals surface area (Å²) in [4.78, 5) is 29.9. The number of carbonyl (C=O) groups is 2. The van der Waals surface area contributed by atoms with E-state index in [9.17, 15) is 19.8 Å². The van der Waals surface area contributed by atoms with Crippen molar-refractivity contribution < 1.29 is 53.0 Å². The van der Waals surface area contributed by atoms with Crippen LogP contribution in [-0.4, -0.2) is 135 Å². The van der Waals surface area contributed by atoms with Crippen molar-refractivity contribution in [1.29, 1.82) is 0 Å². The number of aliphatic hydroxyl groups is 2. The molecule has 46 heavy (non-hydrogen) atoms. The quantitative estimate of drug-likeness (QED) is 0.388. The van der Waals surface area contributed by atoms with Crippen molar-refractivity contribution in [3.8, 4) is 0 Å². The van der Waals surface area contributed by atoms with Gasteiger partial charge in [0.1, 0.15) is 23.6 Å². The van der Waals surface area contributed by atoms with Gasteiger partial charge in [-0.2, -0.15) is 0 Å². The van der Waals surface area contributed by atoms with Gasteiger partial charge in [-0.3, -0.25) is 9.59 Å². The van der Waals surface area contributed by atoms with Crippen molar-refractivity contribution in [2.75, 3.05) is 48.1 Å². The molecule has 0 aromatic rings. The van der Waals surface area contributed by atoms with Crippen molar-refractivity contribution >= 4 is 11.8 Å². The number of ketones is 1. The molecule has 0 saturated carbocycles. The van der Waals surface area contributed by atoms with E-state index < -0.39 is 77.7 Å². The maximum absolute atomic E-state index is 14.0. The fourth-order valence-electron chi connectivity index (χ4n) is 7.78. The number of ether oxygens (including phenoxy) is 7. The lowest BCUT2D eigenvalue weighted by molar-refractivity contribution is -0.309. The average molecular weight is 660 g/mol. The highest BCUT2D eigenvalue weighted by atomic mass is 16.7. The van der Waals surface area contributed by atoms with E-state index in [2.05, 4.69) is 4.90 Å². The Kier molecular flexibility index (Phi) is 14.0. The Morgan fingerprint density at radius 1 is 1.04 bits per heavy atom. The van der Waals surface area contributed by atoms with Crippen LogP contribution in [0, 0.1) is 23.7 Å². The van der Waals surface area contributed by atoms with Gasteiger partial charge in [0.25, 0.3) is 0 Å². The van der Waals surface area contributed by atoms with Gasteiger partial charge in [-0.1, -0.05) is 20.8 Å². The first-order chi connectivity index (χ1) is 21.5. The van der Waals surface area contributed by atoms with Gasteiger partial charge in [0.15, 0.2) is 6.29 Å². The number of likely N-dealkylation sites (N-methyl/N-ethyl adjacent to an activating group) is 1. The minimum Gasteiger partial charge on any atom is -0.459 e. The summed E-state index contributed by atoms with van der Waals surface area (Å²) < 4.78 is 44.3. The topological polar surface area (TPSA) is 142 Å². The van der Waals surface area contributed by atoms with Gasteiger partial charge in [0.05, 0.1) is 42.5 Å². The highest BCUT2D eigenvalue weighted by Crippen LogP contribution is 2.41. The molecule has 0 aliphatic carbocycles. The summed E-state index contributed by atoms with van der Waals surface area (Å²) in [6, 6.07) is 0.00329. The minimum atomic E-state index is -1.88. The maximum atomic E-state index is 14.0. The van der Waals surface area contributed by atoms with Crippen LogP contribution in [0.4, 0.5) is 0 Å². The van der Waals surface area contributed by atoms with Crippen LogP contribution >= 0.6 is 0 Å². The van der Waals surface area contributed by atoms with Crippen molar-refractivity contribution in [2.24, 2.45) is 23.7 Å². The molecule has 3 saturated heterocycles. The van der Waals surface area contributed by atoms with Gasteiger partial charge >= 0.3 is 5.97 Å². The summed E-state index contributed by atoms with van der Waals surface area (Å²) >= 11 is 0. The molecular formula is C34H61NO11. The highest BCUT2D eigenvalue weighted by molar-refractivity contribution is 5.83. The zero-order valence-electron chi connectivity index (χ0n) is 29.9. The molecule has 12 heteroatoms. The lowest BCUT2D eigenvalue weighted by Crippen LogP contribution is -2.61. The van der Waals surface area contributed by atoms with E-state index >= 15 is 0 Å². The van der Waals surface area contributed by atoms with Crippen molar-refractivity contribution in [3.63, 3.8) is 0 Å². The Morgan fingerprint density at radius 3 is 2.30 bits per heavy atom. The van der Waals surface area contributed by atoms with Gasteiger partial charge in [0.2, 0.25) is 0 Å². The van der Waals surface area contributed by atoms with Crippen LogP contribution in [0.1, 0.15) is 74.1 Å². The monoisotopic (exact) mass is 659 g/mol. The van der Waals surface area contributed by atoms with Gasteiger partial charge in [-0.15, -0.1) is 0 Å². The second-order valence-electron chi connectivity index (χ2n) is 14.4. The van der Waals surface area contributed by atoms with E-state index in [1.807, 2.05) is 34.9 Å². The molecule has 0 radical (unpaired) electrons. The first-order valence-electron chi connectivity index (χ1n) is 16.9. The van der Waals surface area contributed by atoms with Crippen LogP contribution in [0.5, 0.6) is 0 Å². The number of fused-ring (bicyclic) bond motifs is 3. The van der Waals surface area contributed by atoms with Crippen LogP contribution in [0.25, 0.3) is 0 Å². The van der Waals surface area contributed by atoms with E-state index in [4.69, 9.17) is 33.2 Å². The van der Waals surface area contributed by atoms with Gasteiger partial charge < -0.3 is 48.3 Å². The van der Waals surface area contributed by atoms with Crippen LogP contribution in [-0.2, 0) is 42.7 Å². The predicted molar refractivity (Wildman–Crippen MR) is 170 cm³/mol. The van der Waals surface area contributed by atoms with E-state index in [-0.39, 0.29) is 37.4 Å². The third-order valence-corrected chi connectivity index (χ3v) is 10.5. The number of rotatable bonds is 7. The molecule has 2 N–H and O–H groups in total. The second kappa shape index (κ2) is 16.5. The fourth-order valence-corrected chi connectivity index (χ4v) is 7.78. The molecule has 0 spiro atoms. The molecule has 3 aliphatic heterocycles. The van der Waals surface area contributed by atoms with Crippen LogP contribution < -0.4 is 0 Å². The molecule has 3 rings (SSSR count). The normalized spacial score (nSPS) is 45.4. The third kappa shape index (κ3) is 8.49. The number of carbonyl (C=O) groups excluding carboxylic acids is 2. The van der Waals surface area contributed by atoms with E-state index in [0.29, 0.717) is 19.6 Å². The number of cyclic esters (lactones) is 1. The largest absolute Gasteiger partial charge is 0.459 e. The first kappa shape index (κ1) is 39.2. The lowest BCUT2D eigenvalue weighted by atomic mass is 9.73. The van der Waals surface area contributed by atoms with Crippen molar-refractivity contribution in [2.45, 2.75) is 134 Å². The molecule has 0 aromatic heterocycles. The van der Waals surface area contributed by atoms with E-state index in [1.165, 1.54) is 6.92 Å². The number of hydrogen-bond donors (Lipinski definition) is 2. The SMILES string of the molecule is CC[C@H]1OC(=O)[C@H](C)[C@H]2OCCCO[C@](C)(C[C@@H](C)C(=O)[C@H](C)[C@@H](O)[C@]1(C)O)[C@H](O[C@@H]1O[C@H](C)C[C@H](N(C)C)[C@H]1OC)[C@H]2COC. The molecule has 3 aliphatic rings. The smallest absolute Gasteiger partial charge is 0.311 e. The lowest BCUT2D eigenvalue weighted by Gasteiger charge is -2.49. The molecule has 3 fully saturated rings. The maximum Gasteiger partial charge on any atom is 0.311 e. The highest BCUT2D eigenvalue weighted by Gasteiger charge is 2.54. The summed E-state index contributed by atoms with van der Waals surface area (Å²) in [7, 11) is 7.21. The molecule has 268 valence electrons. The predicted octanol–water partition coefficient (Wildman–Crippen LogP) is 2.59. The van der Waals surface area contributed by atoms with Crippen molar-refractivity contribution in [3.05, 3.63) is 0 Å². The Morgan fingerprint density at radius 2 is 1.72 bits per heavy atom. The first-order valence-corrected chi connectivity index (χ1v) is 16.9. The fraction of sp³-hybridized carbons (Fsp3) is 0.941. The number of hydrogen-bond acceptors (Lipinski definition) is 12. The van der Waals surface area contributed by atoms with Gasteiger partial charge in [-0.05, 0) is 67.5 Å². The Balaban J connectivity index is 2.22. The van der Waals surface area contributed by atoms with E-state index in [0.717, 1.165) is 6.42 Å². The zero-order chi connectivity index (χ0) is 34.6. The summed E-state index contributed by atoms with van der Waals surface area (Å²) in [5, 5.41) is 22.8. The molecule has 12 nitrogen and oxygen atoms in total.